The monoisotopic (exact) mass is 166 g/mol. The Morgan fingerprint density at radius 3 is 2.58 bits per heavy atom. The largest absolute Gasteiger partial charge is 0.493 e. The summed E-state index contributed by atoms with van der Waals surface area (Å²) in [7, 11) is 0. The Morgan fingerprint density at radius 1 is 1.33 bits per heavy atom. The van der Waals surface area contributed by atoms with Crippen LogP contribution in [0.4, 0.5) is 0 Å². The van der Waals surface area contributed by atoms with Gasteiger partial charge in [0.2, 0.25) is 0 Å². The van der Waals surface area contributed by atoms with Crippen molar-refractivity contribution in [3.05, 3.63) is 30.3 Å². The summed E-state index contributed by atoms with van der Waals surface area (Å²) in [4.78, 5) is 0. The lowest BCUT2D eigenvalue weighted by Gasteiger charge is -2.06. The lowest BCUT2D eigenvalue weighted by molar-refractivity contribution is 0.155. The van der Waals surface area contributed by atoms with E-state index in [1.54, 1.807) is 6.92 Å². The van der Waals surface area contributed by atoms with Gasteiger partial charge >= 0.3 is 0 Å². The quantitative estimate of drug-likeness (QED) is 0.739. The average Bonchev–Trinajstić information content (AvgIpc) is 2.05. The van der Waals surface area contributed by atoms with Crippen LogP contribution in [0.15, 0.2) is 30.3 Å². The SMILES string of the molecule is C[C@H](O)CCOc1ccccc1. The van der Waals surface area contributed by atoms with Crippen LogP contribution in [0.1, 0.15) is 13.3 Å². The summed E-state index contributed by atoms with van der Waals surface area (Å²) in [5, 5.41) is 8.95. The maximum Gasteiger partial charge on any atom is 0.119 e. The Labute approximate surface area is 72.8 Å². The molecular weight excluding hydrogens is 152 g/mol. The fraction of sp³-hybridized carbons (Fsp3) is 0.400. The van der Waals surface area contributed by atoms with Crippen molar-refractivity contribution < 1.29 is 9.84 Å². The van der Waals surface area contributed by atoms with Gasteiger partial charge < -0.3 is 9.84 Å². The molecule has 0 bridgehead atoms. The van der Waals surface area contributed by atoms with E-state index in [4.69, 9.17) is 9.84 Å². The molecule has 0 aromatic heterocycles. The first-order valence-corrected chi connectivity index (χ1v) is 4.15. The maximum atomic E-state index is 8.95. The highest BCUT2D eigenvalue weighted by molar-refractivity contribution is 5.20. The van der Waals surface area contributed by atoms with Gasteiger partial charge in [-0.3, -0.25) is 0 Å². The third kappa shape index (κ3) is 3.39. The second-order valence-corrected chi connectivity index (χ2v) is 2.80. The zero-order valence-electron chi connectivity index (χ0n) is 7.23. The van der Waals surface area contributed by atoms with Crippen molar-refractivity contribution in [1.29, 1.82) is 0 Å². The van der Waals surface area contributed by atoms with Crippen LogP contribution in [0.5, 0.6) is 5.75 Å². The molecule has 0 saturated carbocycles. The lowest BCUT2D eigenvalue weighted by atomic mass is 10.3. The van der Waals surface area contributed by atoms with Crippen LogP contribution < -0.4 is 4.74 Å². The summed E-state index contributed by atoms with van der Waals surface area (Å²) in [6, 6.07) is 9.61. The Hall–Kier alpha value is -1.02. The number of ether oxygens (including phenoxy) is 1. The molecule has 0 aliphatic rings. The van der Waals surface area contributed by atoms with E-state index in [2.05, 4.69) is 0 Å². The van der Waals surface area contributed by atoms with Gasteiger partial charge in [-0.2, -0.15) is 0 Å². The summed E-state index contributed by atoms with van der Waals surface area (Å²) in [6.45, 7) is 2.33. The highest BCUT2D eigenvalue weighted by Crippen LogP contribution is 2.08. The van der Waals surface area contributed by atoms with Crippen LogP contribution in [0.25, 0.3) is 0 Å². The van der Waals surface area contributed by atoms with Gasteiger partial charge in [0.15, 0.2) is 0 Å². The van der Waals surface area contributed by atoms with Crippen LogP contribution in [-0.2, 0) is 0 Å². The van der Waals surface area contributed by atoms with Crippen molar-refractivity contribution in [3.8, 4) is 5.75 Å². The summed E-state index contributed by atoms with van der Waals surface area (Å²) >= 11 is 0. The molecule has 0 heterocycles. The molecule has 0 unspecified atom stereocenters. The molecule has 2 heteroatoms. The predicted octanol–water partition coefficient (Wildman–Crippen LogP) is 1.84. The normalized spacial score (nSPS) is 12.5. The van der Waals surface area contributed by atoms with Crippen LogP contribution >= 0.6 is 0 Å². The van der Waals surface area contributed by atoms with Crippen molar-refractivity contribution >= 4 is 0 Å². The minimum atomic E-state index is -0.284. The van der Waals surface area contributed by atoms with E-state index in [-0.39, 0.29) is 6.10 Å². The van der Waals surface area contributed by atoms with Crippen molar-refractivity contribution in [2.45, 2.75) is 19.4 Å². The second kappa shape index (κ2) is 4.78. The van der Waals surface area contributed by atoms with Crippen LogP contribution in [-0.4, -0.2) is 17.8 Å². The third-order valence-corrected chi connectivity index (χ3v) is 1.55. The van der Waals surface area contributed by atoms with E-state index in [9.17, 15) is 0 Å². The van der Waals surface area contributed by atoms with Crippen LogP contribution in [0.3, 0.4) is 0 Å². The van der Waals surface area contributed by atoms with Gasteiger partial charge in [-0.05, 0) is 19.1 Å². The van der Waals surface area contributed by atoms with E-state index in [1.807, 2.05) is 30.3 Å². The van der Waals surface area contributed by atoms with Gasteiger partial charge in [0.05, 0.1) is 12.7 Å². The number of aliphatic hydroxyl groups excluding tert-OH is 1. The molecule has 0 fully saturated rings. The van der Waals surface area contributed by atoms with Gasteiger partial charge in [-0.15, -0.1) is 0 Å². The van der Waals surface area contributed by atoms with E-state index >= 15 is 0 Å². The summed E-state index contributed by atoms with van der Waals surface area (Å²) < 4.78 is 5.36. The van der Waals surface area contributed by atoms with Crippen LogP contribution in [0.2, 0.25) is 0 Å². The van der Waals surface area contributed by atoms with E-state index in [0.717, 1.165) is 5.75 Å². The maximum absolute atomic E-state index is 8.95. The number of para-hydroxylation sites is 1. The molecule has 2 nitrogen and oxygen atoms in total. The van der Waals surface area contributed by atoms with Gasteiger partial charge in [0.1, 0.15) is 5.75 Å². The Balaban J connectivity index is 2.25. The topological polar surface area (TPSA) is 29.5 Å². The first kappa shape index (κ1) is 9.07. The molecule has 1 N–H and O–H groups in total. The molecule has 0 aliphatic heterocycles. The minimum absolute atomic E-state index is 0.284. The van der Waals surface area contributed by atoms with Crippen molar-refractivity contribution in [2.75, 3.05) is 6.61 Å². The van der Waals surface area contributed by atoms with E-state index < -0.39 is 0 Å². The van der Waals surface area contributed by atoms with Crippen molar-refractivity contribution in [1.82, 2.24) is 0 Å². The Bertz CT molecular complexity index is 206. The molecule has 1 aromatic rings. The number of hydrogen-bond acceptors (Lipinski definition) is 2. The first-order valence-electron chi connectivity index (χ1n) is 4.15. The van der Waals surface area contributed by atoms with Gasteiger partial charge in [0, 0.05) is 6.42 Å². The first-order chi connectivity index (χ1) is 5.79. The fourth-order valence-corrected chi connectivity index (χ4v) is 0.864. The lowest BCUT2D eigenvalue weighted by Crippen LogP contribution is -2.07. The molecule has 0 spiro atoms. The number of aliphatic hydroxyl groups is 1. The third-order valence-electron chi connectivity index (χ3n) is 1.55. The smallest absolute Gasteiger partial charge is 0.119 e. The molecule has 1 atom stereocenters. The fourth-order valence-electron chi connectivity index (χ4n) is 0.864. The molecular formula is C10H14O2. The van der Waals surface area contributed by atoms with E-state index in [1.165, 1.54) is 0 Å². The van der Waals surface area contributed by atoms with Gasteiger partial charge in [-0.1, -0.05) is 18.2 Å². The summed E-state index contributed by atoms with van der Waals surface area (Å²) in [6.07, 6.45) is 0.392. The molecule has 12 heavy (non-hydrogen) atoms. The van der Waals surface area contributed by atoms with E-state index in [0.29, 0.717) is 13.0 Å². The molecule has 1 rings (SSSR count). The van der Waals surface area contributed by atoms with Crippen molar-refractivity contribution in [2.24, 2.45) is 0 Å². The van der Waals surface area contributed by atoms with Crippen molar-refractivity contribution in [3.63, 3.8) is 0 Å². The Kier molecular flexibility index (Phi) is 3.61. The number of rotatable bonds is 4. The molecule has 0 radical (unpaired) electrons. The number of benzene rings is 1. The molecule has 0 aliphatic carbocycles. The highest BCUT2D eigenvalue weighted by Gasteiger charge is 1.95. The Morgan fingerprint density at radius 2 is 2.00 bits per heavy atom. The van der Waals surface area contributed by atoms with Gasteiger partial charge in [0.25, 0.3) is 0 Å². The zero-order valence-corrected chi connectivity index (χ0v) is 7.23. The van der Waals surface area contributed by atoms with Gasteiger partial charge in [-0.25, -0.2) is 0 Å². The predicted molar refractivity (Wildman–Crippen MR) is 48.2 cm³/mol. The summed E-state index contributed by atoms with van der Waals surface area (Å²) in [5.41, 5.74) is 0. The number of hydrogen-bond donors (Lipinski definition) is 1. The minimum Gasteiger partial charge on any atom is -0.493 e. The highest BCUT2D eigenvalue weighted by atomic mass is 16.5. The average molecular weight is 166 g/mol. The molecule has 0 saturated heterocycles. The zero-order chi connectivity index (χ0) is 8.81. The molecule has 66 valence electrons. The standard InChI is InChI=1S/C10H14O2/c1-9(11)7-8-12-10-5-3-2-4-6-10/h2-6,9,11H,7-8H2,1H3/t9-/m0/s1. The summed E-state index contributed by atoms with van der Waals surface area (Å²) in [5.74, 6) is 0.859. The second-order valence-electron chi connectivity index (χ2n) is 2.80. The molecule has 1 aromatic carbocycles. The van der Waals surface area contributed by atoms with Crippen LogP contribution in [0, 0.1) is 0 Å². The molecule has 0 amide bonds.